The highest BCUT2D eigenvalue weighted by Crippen LogP contribution is 2.28. The van der Waals surface area contributed by atoms with Gasteiger partial charge in [0.05, 0.1) is 22.2 Å². The van der Waals surface area contributed by atoms with Crippen LogP contribution in [0.15, 0.2) is 29.8 Å². The van der Waals surface area contributed by atoms with Gasteiger partial charge in [0.1, 0.15) is 12.1 Å². The second kappa shape index (κ2) is 12.6. The molecule has 1 fully saturated rings. The molecule has 0 aliphatic carbocycles. The summed E-state index contributed by atoms with van der Waals surface area (Å²) >= 11 is 1.59. The number of hydrogen-bond donors (Lipinski definition) is 4. The maximum Gasteiger partial charge on any atom is 0.246 e. The van der Waals surface area contributed by atoms with E-state index in [4.69, 9.17) is 5.73 Å². The number of unbranched alkanes of at least 4 members (excludes halogenated alkanes) is 1. The number of carbonyl (C=O) groups is 3. The molecule has 3 amide bonds. The van der Waals surface area contributed by atoms with Crippen LogP contribution >= 0.6 is 11.3 Å². The van der Waals surface area contributed by atoms with Crippen LogP contribution in [0.3, 0.4) is 0 Å². The Morgan fingerprint density at radius 2 is 1.92 bits per heavy atom. The molecule has 0 spiro atoms. The zero-order chi connectivity index (χ0) is 27.2. The summed E-state index contributed by atoms with van der Waals surface area (Å²) in [5.41, 5.74) is 9.73. The van der Waals surface area contributed by atoms with E-state index in [0.717, 1.165) is 28.1 Å². The summed E-state index contributed by atoms with van der Waals surface area (Å²) in [6.45, 7) is 8.44. The lowest BCUT2D eigenvalue weighted by Gasteiger charge is -2.35. The smallest absolute Gasteiger partial charge is 0.246 e. The summed E-state index contributed by atoms with van der Waals surface area (Å²) in [5, 5.41) is 16.1. The predicted octanol–water partition coefficient (Wildman–Crippen LogP) is 2.36. The normalized spacial score (nSPS) is 18.5. The second-order valence-corrected chi connectivity index (χ2v) is 11.5. The quantitative estimate of drug-likeness (QED) is 0.349. The van der Waals surface area contributed by atoms with E-state index in [1.165, 1.54) is 4.90 Å². The van der Waals surface area contributed by atoms with Crippen molar-refractivity contribution in [1.29, 1.82) is 0 Å². The van der Waals surface area contributed by atoms with Crippen molar-refractivity contribution in [1.82, 2.24) is 20.5 Å². The van der Waals surface area contributed by atoms with Gasteiger partial charge in [0, 0.05) is 25.9 Å². The molecule has 1 aromatic carbocycles. The average Bonchev–Trinajstić information content (AvgIpc) is 3.46. The van der Waals surface area contributed by atoms with Gasteiger partial charge in [-0.15, -0.1) is 11.3 Å². The molecule has 1 aliphatic rings. The fraction of sp³-hybridized carbons (Fsp3) is 0.556. The molecule has 0 radical (unpaired) electrons. The zero-order valence-electron chi connectivity index (χ0n) is 22.1. The van der Waals surface area contributed by atoms with Gasteiger partial charge in [-0.25, -0.2) is 4.98 Å². The minimum absolute atomic E-state index is 0.0510. The molecule has 0 saturated carbocycles. The number of aryl methyl sites for hydroxylation is 1. The van der Waals surface area contributed by atoms with Crippen LogP contribution in [-0.4, -0.2) is 64.0 Å². The molecule has 2 heterocycles. The average molecular weight is 530 g/mol. The van der Waals surface area contributed by atoms with Crippen LogP contribution in [0, 0.1) is 12.3 Å². The summed E-state index contributed by atoms with van der Waals surface area (Å²) in [5.74, 6) is -0.908. The molecule has 1 aliphatic heterocycles. The molecule has 3 rings (SSSR count). The van der Waals surface area contributed by atoms with Crippen molar-refractivity contribution in [3.8, 4) is 10.4 Å². The number of amides is 3. The minimum Gasteiger partial charge on any atom is -0.391 e. The van der Waals surface area contributed by atoms with Crippen molar-refractivity contribution in [3.63, 3.8) is 0 Å². The maximum atomic E-state index is 13.6. The number of aliphatic hydroxyl groups excluding tert-OH is 1. The van der Waals surface area contributed by atoms with Gasteiger partial charge in [0.2, 0.25) is 17.7 Å². The molecular formula is C27H39N5O4S. The molecule has 2 aromatic rings. The van der Waals surface area contributed by atoms with Gasteiger partial charge >= 0.3 is 0 Å². The monoisotopic (exact) mass is 529 g/mol. The second-order valence-electron chi connectivity index (χ2n) is 10.7. The Balaban J connectivity index is 1.65. The van der Waals surface area contributed by atoms with Gasteiger partial charge in [-0.2, -0.15) is 0 Å². The first kappa shape index (κ1) is 28.7. The number of β-amino-alcohol motifs (C(OH)–C–C–N with tert-alkyl or cyclic N) is 1. The third-order valence-corrected chi connectivity index (χ3v) is 7.55. The molecule has 1 saturated heterocycles. The largest absolute Gasteiger partial charge is 0.391 e. The molecule has 37 heavy (non-hydrogen) atoms. The lowest BCUT2D eigenvalue weighted by Crippen LogP contribution is -2.57. The number of likely N-dealkylation sites (tertiary alicyclic amines) is 1. The third kappa shape index (κ3) is 7.59. The van der Waals surface area contributed by atoms with E-state index in [2.05, 4.69) is 15.6 Å². The topological polar surface area (TPSA) is 138 Å². The summed E-state index contributed by atoms with van der Waals surface area (Å²) in [6, 6.07) is 6.29. The number of carbonyl (C=O) groups excluding carboxylic acids is 3. The van der Waals surface area contributed by atoms with E-state index >= 15 is 0 Å². The first-order valence-electron chi connectivity index (χ1n) is 12.8. The van der Waals surface area contributed by atoms with E-state index in [1.807, 2.05) is 57.5 Å². The highest BCUT2D eigenvalue weighted by Gasteiger charge is 2.44. The van der Waals surface area contributed by atoms with Gasteiger partial charge in [-0.3, -0.25) is 14.4 Å². The minimum atomic E-state index is -0.818. The Morgan fingerprint density at radius 3 is 2.51 bits per heavy atom. The fourth-order valence-corrected chi connectivity index (χ4v) is 5.26. The number of nitrogens with one attached hydrogen (secondary N) is 2. The predicted molar refractivity (Wildman–Crippen MR) is 145 cm³/mol. The van der Waals surface area contributed by atoms with Crippen LogP contribution in [0.1, 0.15) is 57.7 Å². The Labute approximate surface area is 222 Å². The number of thiazole rings is 1. The molecule has 5 N–H and O–H groups in total. The molecule has 1 unspecified atom stereocenters. The fourth-order valence-electron chi connectivity index (χ4n) is 4.44. The molecule has 1 aromatic heterocycles. The van der Waals surface area contributed by atoms with Gasteiger partial charge in [0.15, 0.2) is 0 Å². The highest BCUT2D eigenvalue weighted by molar-refractivity contribution is 7.13. The van der Waals surface area contributed by atoms with Crippen LogP contribution in [0.25, 0.3) is 10.4 Å². The number of benzene rings is 1. The van der Waals surface area contributed by atoms with Gasteiger partial charge in [0.25, 0.3) is 0 Å². The van der Waals surface area contributed by atoms with E-state index < -0.39 is 23.6 Å². The number of nitrogens with two attached hydrogens (primary N) is 1. The van der Waals surface area contributed by atoms with Crippen molar-refractivity contribution in [2.24, 2.45) is 11.1 Å². The third-order valence-electron chi connectivity index (χ3n) is 6.57. The molecule has 202 valence electrons. The molecule has 3 atom stereocenters. The summed E-state index contributed by atoms with van der Waals surface area (Å²) in [6.07, 6.45) is 1.01. The summed E-state index contributed by atoms with van der Waals surface area (Å²) < 4.78 is 0. The lowest BCUT2D eigenvalue weighted by molar-refractivity contribution is -0.144. The maximum absolute atomic E-state index is 13.6. The van der Waals surface area contributed by atoms with E-state index in [9.17, 15) is 19.5 Å². The molecule has 9 nitrogen and oxygen atoms in total. The van der Waals surface area contributed by atoms with Gasteiger partial charge in [-0.05, 0) is 42.9 Å². The standard InChI is InChI=1S/C27H39N5O4S/c1-17-23(37-16-30-17)19-10-8-18(9-11-19)14-29-25(35)21-13-20(33)15-32(21)26(36)24(27(2,3)4)31-22(34)7-5-6-12-28/h8-11,16,20-21,24,33H,5-7,12-15,28H2,1-4H3,(H,29,35)(H,31,34)/t20-,21+,24?/m1/s1. The summed E-state index contributed by atoms with van der Waals surface area (Å²) in [4.78, 5) is 46.0. The first-order valence-corrected chi connectivity index (χ1v) is 13.6. The van der Waals surface area contributed by atoms with Crippen LogP contribution < -0.4 is 16.4 Å². The Morgan fingerprint density at radius 1 is 1.22 bits per heavy atom. The number of nitrogens with zero attached hydrogens (tertiary/aromatic N) is 2. The highest BCUT2D eigenvalue weighted by atomic mass is 32.1. The number of hydrogen-bond acceptors (Lipinski definition) is 7. The molecular weight excluding hydrogens is 490 g/mol. The number of aromatic nitrogens is 1. The van der Waals surface area contributed by atoms with Crippen molar-refractivity contribution in [2.45, 2.75) is 78.1 Å². The lowest BCUT2D eigenvalue weighted by atomic mass is 9.85. The van der Waals surface area contributed by atoms with Crippen LogP contribution in [0.2, 0.25) is 0 Å². The Kier molecular flexibility index (Phi) is 9.80. The SMILES string of the molecule is Cc1ncsc1-c1ccc(CNC(=O)[C@@H]2C[C@@H](O)CN2C(=O)C(NC(=O)CCCCN)C(C)(C)C)cc1. The Hall–Kier alpha value is -2.82. The molecule has 0 bridgehead atoms. The molecule has 10 heteroatoms. The van der Waals surface area contributed by atoms with Gasteiger partial charge < -0.3 is 26.4 Å². The summed E-state index contributed by atoms with van der Waals surface area (Å²) in [7, 11) is 0. The van der Waals surface area contributed by atoms with Crippen molar-refractivity contribution < 1.29 is 19.5 Å². The van der Waals surface area contributed by atoms with E-state index in [-0.39, 0.29) is 37.1 Å². The zero-order valence-corrected chi connectivity index (χ0v) is 22.9. The number of aliphatic hydroxyl groups is 1. The van der Waals surface area contributed by atoms with Gasteiger partial charge in [-0.1, -0.05) is 45.0 Å². The van der Waals surface area contributed by atoms with Crippen LogP contribution in [0.5, 0.6) is 0 Å². The van der Waals surface area contributed by atoms with E-state index in [0.29, 0.717) is 19.5 Å². The Bertz CT molecular complexity index is 1080. The van der Waals surface area contributed by atoms with Crippen LogP contribution in [-0.2, 0) is 20.9 Å². The van der Waals surface area contributed by atoms with Crippen LogP contribution in [0.4, 0.5) is 0 Å². The van der Waals surface area contributed by atoms with Crippen molar-refractivity contribution >= 4 is 29.1 Å². The van der Waals surface area contributed by atoms with E-state index in [1.54, 1.807) is 11.3 Å². The van der Waals surface area contributed by atoms with Crippen molar-refractivity contribution in [3.05, 3.63) is 41.0 Å². The number of rotatable bonds is 10. The first-order chi connectivity index (χ1) is 17.5. The van der Waals surface area contributed by atoms with Crippen molar-refractivity contribution in [2.75, 3.05) is 13.1 Å².